The number of benzene rings is 3. The molecule has 0 bridgehead atoms. The number of anilines is 1. The van der Waals surface area contributed by atoms with E-state index in [2.05, 4.69) is 43.8 Å². The summed E-state index contributed by atoms with van der Waals surface area (Å²) in [5, 5.41) is 12.4. The van der Waals surface area contributed by atoms with Gasteiger partial charge in [-0.15, -0.1) is 0 Å². The summed E-state index contributed by atoms with van der Waals surface area (Å²) in [6.45, 7) is 4.32. The Hall–Kier alpha value is -2.63. The van der Waals surface area contributed by atoms with E-state index in [1.807, 2.05) is 80.6 Å². The summed E-state index contributed by atoms with van der Waals surface area (Å²) in [7, 11) is 0. The number of halogens is 2. The second-order valence-electron chi connectivity index (χ2n) is 7.03. The largest absolute Gasteiger partial charge is 0.487 e. The highest BCUT2D eigenvalue weighted by atomic mass is 127. The second-order valence-corrected chi connectivity index (χ2v) is 9.05. The highest BCUT2D eigenvalue weighted by Gasteiger charge is 2.13. The van der Waals surface area contributed by atoms with Crippen molar-refractivity contribution in [3.63, 3.8) is 0 Å². The Bertz CT molecular complexity index is 1160. The quantitative estimate of drug-likeness (QED) is 0.196. The van der Waals surface area contributed by atoms with Gasteiger partial charge >= 0.3 is 0 Å². The molecular weight excluding hydrogens is 567 g/mol. The van der Waals surface area contributed by atoms with Crippen LogP contribution in [0.15, 0.2) is 70.7 Å². The van der Waals surface area contributed by atoms with Crippen LogP contribution in [0, 0.1) is 28.7 Å². The Morgan fingerprint density at radius 3 is 2.58 bits per heavy atom. The molecule has 0 saturated heterocycles. The predicted octanol–water partition coefficient (Wildman–Crippen LogP) is 6.80. The minimum Gasteiger partial charge on any atom is -0.487 e. The smallest absolute Gasteiger partial charge is 0.266 e. The summed E-state index contributed by atoms with van der Waals surface area (Å²) >= 11 is 5.74. The van der Waals surface area contributed by atoms with Gasteiger partial charge in [-0.2, -0.15) is 5.26 Å². The van der Waals surface area contributed by atoms with Crippen LogP contribution in [-0.4, -0.2) is 5.91 Å². The van der Waals surface area contributed by atoms with Crippen molar-refractivity contribution in [3.05, 3.63) is 96.5 Å². The van der Waals surface area contributed by atoms with Crippen molar-refractivity contribution in [3.8, 4) is 11.8 Å². The third kappa shape index (κ3) is 6.18. The fourth-order valence-corrected chi connectivity index (χ4v) is 4.67. The van der Waals surface area contributed by atoms with Crippen molar-refractivity contribution in [1.82, 2.24) is 0 Å². The van der Waals surface area contributed by atoms with Gasteiger partial charge in [-0.1, -0.05) is 42.5 Å². The zero-order chi connectivity index (χ0) is 22.4. The Morgan fingerprint density at radius 1 is 1.16 bits per heavy atom. The van der Waals surface area contributed by atoms with E-state index in [0.717, 1.165) is 36.0 Å². The molecule has 0 aliphatic rings. The summed E-state index contributed by atoms with van der Waals surface area (Å²) in [5.41, 5.74) is 4.51. The van der Waals surface area contributed by atoms with Gasteiger partial charge < -0.3 is 10.1 Å². The van der Waals surface area contributed by atoms with E-state index in [9.17, 15) is 10.1 Å². The number of nitriles is 1. The normalized spacial score (nSPS) is 11.0. The van der Waals surface area contributed by atoms with Gasteiger partial charge in [0, 0.05) is 5.69 Å². The summed E-state index contributed by atoms with van der Waals surface area (Å²) in [6, 6.07) is 21.5. The molecule has 0 aromatic heterocycles. The summed E-state index contributed by atoms with van der Waals surface area (Å²) in [6.07, 6.45) is 1.58. The Kier molecular flexibility index (Phi) is 7.88. The average Bonchev–Trinajstić information content (AvgIpc) is 2.74. The first kappa shape index (κ1) is 23.0. The first-order valence-corrected chi connectivity index (χ1v) is 11.4. The maximum Gasteiger partial charge on any atom is 0.266 e. The van der Waals surface area contributed by atoms with Gasteiger partial charge in [-0.3, -0.25) is 4.79 Å². The molecule has 0 saturated carbocycles. The molecule has 0 radical (unpaired) electrons. The number of aryl methyl sites for hydroxylation is 2. The molecule has 3 aromatic rings. The van der Waals surface area contributed by atoms with Crippen LogP contribution in [0.3, 0.4) is 0 Å². The number of hydrogen-bond acceptors (Lipinski definition) is 3. The lowest BCUT2D eigenvalue weighted by Gasteiger charge is -2.12. The van der Waals surface area contributed by atoms with Gasteiger partial charge in [-0.25, -0.2) is 0 Å². The van der Waals surface area contributed by atoms with Gasteiger partial charge in [-0.05, 0) is 98.9 Å². The fourth-order valence-electron chi connectivity index (χ4n) is 2.91. The van der Waals surface area contributed by atoms with Crippen molar-refractivity contribution in [1.29, 1.82) is 5.26 Å². The standard InChI is InChI=1S/C25H20BrIN2O2/c1-16-8-9-17(2)23(10-16)29-25(30)20(14-28)11-19-12-21(26)24(22(27)13-19)31-15-18-6-4-3-5-7-18/h3-13H,15H2,1-2H3,(H,29,30)/b20-11+. The molecular formula is C25H20BrIN2O2. The molecule has 31 heavy (non-hydrogen) atoms. The highest BCUT2D eigenvalue weighted by molar-refractivity contribution is 14.1. The molecule has 0 fully saturated rings. The van der Waals surface area contributed by atoms with Crippen LogP contribution < -0.4 is 10.1 Å². The molecule has 0 spiro atoms. The number of carbonyl (C=O) groups excluding carboxylic acids is 1. The number of hydrogen-bond donors (Lipinski definition) is 1. The van der Waals surface area contributed by atoms with Crippen molar-refractivity contribution >= 4 is 56.2 Å². The number of nitrogens with zero attached hydrogens (tertiary/aromatic N) is 1. The third-order valence-corrected chi connectivity index (χ3v) is 5.95. The second kappa shape index (κ2) is 10.6. The van der Waals surface area contributed by atoms with E-state index in [0.29, 0.717) is 12.3 Å². The number of carbonyl (C=O) groups is 1. The Balaban J connectivity index is 1.79. The van der Waals surface area contributed by atoms with E-state index >= 15 is 0 Å². The van der Waals surface area contributed by atoms with Crippen LogP contribution in [0.2, 0.25) is 0 Å². The fraction of sp³-hybridized carbons (Fsp3) is 0.120. The van der Waals surface area contributed by atoms with Crippen LogP contribution >= 0.6 is 38.5 Å². The maximum absolute atomic E-state index is 12.7. The third-order valence-electron chi connectivity index (χ3n) is 4.56. The Labute approximate surface area is 204 Å². The van der Waals surface area contributed by atoms with Gasteiger partial charge in [0.2, 0.25) is 0 Å². The van der Waals surface area contributed by atoms with Gasteiger partial charge in [0.05, 0.1) is 8.04 Å². The average molecular weight is 587 g/mol. The van der Waals surface area contributed by atoms with Crippen LogP contribution in [0.25, 0.3) is 6.08 Å². The van der Waals surface area contributed by atoms with Crippen molar-refractivity contribution < 1.29 is 9.53 Å². The van der Waals surface area contributed by atoms with E-state index in [1.165, 1.54) is 0 Å². The number of amides is 1. The SMILES string of the molecule is Cc1ccc(C)c(NC(=O)/C(C#N)=C/c2cc(Br)c(OCc3ccccc3)c(I)c2)c1. The molecule has 0 heterocycles. The summed E-state index contributed by atoms with van der Waals surface area (Å²) in [4.78, 5) is 12.7. The summed E-state index contributed by atoms with van der Waals surface area (Å²) < 4.78 is 7.61. The lowest BCUT2D eigenvalue weighted by molar-refractivity contribution is -0.112. The Morgan fingerprint density at radius 2 is 1.90 bits per heavy atom. The van der Waals surface area contributed by atoms with Crippen LogP contribution in [0.5, 0.6) is 5.75 Å². The van der Waals surface area contributed by atoms with E-state index in [1.54, 1.807) is 6.08 Å². The zero-order valence-corrected chi connectivity index (χ0v) is 20.8. The van der Waals surface area contributed by atoms with Crippen LogP contribution in [-0.2, 0) is 11.4 Å². The minimum absolute atomic E-state index is 0.0292. The zero-order valence-electron chi connectivity index (χ0n) is 17.1. The molecule has 0 aliphatic heterocycles. The first-order valence-electron chi connectivity index (χ1n) is 9.53. The van der Waals surface area contributed by atoms with Crippen LogP contribution in [0.1, 0.15) is 22.3 Å². The number of rotatable bonds is 6. The van der Waals surface area contributed by atoms with E-state index in [-0.39, 0.29) is 5.57 Å². The van der Waals surface area contributed by atoms with Crippen molar-refractivity contribution in [2.45, 2.75) is 20.5 Å². The minimum atomic E-state index is -0.438. The van der Waals surface area contributed by atoms with E-state index in [4.69, 9.17) is 4.74 Å². The number of ether oxygens (including phenoxy) is 1. The maximum atomic E-state index is 12.7. The molecule has 6 heteroatoms. The van der Waals surface area contributed by atoms with Crippen LogP contribution in [0.4, 0.5) is 5.69 Å². The molecule has 156 valence electrons. The lowest BCUT2D eigenvalue weighted by Crippen LogP contribution is -2.14. The molecule has 4 nitrogen and oxygen atoms in total. The molecule has 1 amide bonds. The van der Waals surface area contributed by atoms with Crippen molar-refractivity contribution in [2.24, 2.45) is 0 Å². The molecule has 3 rings (SSSR count). The molecule has 3 aromatic carbocycles. The van der Waals surface area contributed by atoms with Gasteiger partial charge in [0.25, 0.3) is 5.91 Å². The van der Waals surface area contributed by atoms with Gasteiger partial charge in [0.15, 0.2) is 0 Å². The highest BCUT2D eigenvalue weighted by Crippen LogP contribution is 2.33. The topological polar surface area (TPSA) is 62.1 Å². The molecule has 0 atom stereocenters. The van der Waals surface area contributed by atoms with E-state index < -0.39 is 5.91 Å². The summed E-state index contributed by atoms with van der Waals surface area (Å²) in [5.74, 6) is 0.284. The molecule has 0 unspecified atom stereocenters. The first-order chi connectivity index (χ1) is 14.9. The van der Waals surface area contributed by atoms with Gasteiger partial charge in [0.1, 0.15) is 24.0 Å². The predicted molar refractivity (Wildman–Crippen MR) is 136 cm³/mol. The molecule has 1 N–H and O–H groups in total. The number of nitrogens with one attached hydrogen (secondary N) is 1. The van der Waals surface area contributed by atoms with Crippen molar-refractivity contribution in [2.75, 3.05) is 5.32 Å². The lowest BCUT2D eigenvalue weighted by atomic mass is 10.1. The molecule has 0 aliphatic carbocycles. The monoisotopic (exact) mass is 586 g/mol.